The molecule has 3 rings (SSSR count). The van der Waals surface area contributed by atoms with E-state index in [-0.39, 0.29) is 11.8 Å². The Morgan fingerprint density at radius 1 is 1.04 bits per heavy atom. The number of nitrogens with zero attached hydrogens (tertiary/aromatic N) is 1. The zero-order chi connectivity index (χ0) is 16.8. The molecule has 2 aromatic carbocycles. The summed E-state index contributed by atoms with van der Waals surface area (Å²) in [5.74, 6) is -0.239. The largest absolute Gasteiger partial charge is 0.372 e. The van der Waals surface area contributed by atoms with Gasteiger partial charge in [-0.1, -0.05) is 18.2 Å². The standard InChI is InChI=1S/C19H22FN3O/c20-18-6-2-1-5-15(18)11-12-21-19(24)22-16-7-9-17(10-8-16)23-13-3-4-14-23/h1-2,5-10H,3-4,11-14H2,(H2,21,22,24). The quantitative estimate of drug-likeness (QED) is 0.877. The lowest BCUT2D eigenvalue weighted by atomic mass is 10.1. The first-order valence-electron chi connectivity index (χ1n) is 8.35. The fraction of sp³-hybridized carbons (Fsp3) is 0.316. The molecule has 4 nitrogen and oxygen atoms in total. The molecule has 0 aromatic heterocycles. The second-order valence-electron chi connectivity index (χ2n) is 5.96. The molecule has 1 aliphatic rings. The topological polar surface area (TPSA) is 44.4 Å². The molecule has 0 bridgehead atoms. The minimum Gasteiger partial charge on any atom is -0.372 e. The zero-order valence-electron chi connectivity index (χ0n) is 13.6. The van der Waals surface area contributed by atoms with Gasteiger partial charge in [-0.3, -0.25) is 0 Å². The fourth-order valence-corrected chi connectivity index (χ4v) is 2.92. The van der Waals surface area contributed by atoms with E-state index in [0.29, 0.717) is 18.5 Å². The fourth-order valence-electron chi connectivity index (χ4n) is 2.92. The molecule has 0 aliphatic carbocycles. The van der Waals surface area contributed by atoms with Crippen molar-refractivity contribution in [3.05, 3.63) is 59.9 Å². The van der Waals surface area contributed by atoms with Crippen molar-refractivity contribution in [2.24, 2.45) is 0 Å². The molecule has 1 fully saturated rings. The van der Waals surface area contributed by atoms with E-state index < -0.39 is 0 Å². The van der Waals surface area contributed by atoms with E-state index in [1.807, 2.05) is 24.3 Å². The van der Waals surface area contributed by atoms with E-state index in [2.05, 4.69) is 15.5 Å². The summed E-state index contributed by atoms with van der Waals surface area (Å²) in [6.07, 6.45) is 2.95. The van der Waals surface area contributed by atoms with E-state index in [4.69, 9.17) is 0 Å². The number of benzene rings is 2. The first-order valence-corrected chi connectivity index (χ1v) is 8.35. The highest BCUT2D eigenvalue weighted by atomic mass is 19.1. The van der Waals surface area contributed by atoms with E-state index in [1.165, 1.54) is 24.6 Å². The molecule has 24 heavy (non-hydrogen) atoms. The van der Waals surface area contributed by atoms with Crippen LogP contribution in [-0.2, 0) is 6.42 Å². The second kappa shape index (κ2) is 7.81. The average Bonchev–Trinajstić information content (AvgIpc) is 3.12. The van der Waals surface area contributed by atoms with Crippen molar-refractivity contribution >= 4 is 17.4 Å². The number of nitrogens with one attached hydrogen (secondary N) is 2. The van der Waals surface area contributed by atoms with Crippen LogP contribution in [0, 0.1) is 5.82 Å². The van der Waals surface area contributed by atoms with Crippen LogP contribution in [0.15, 0.2) is 48.5 Å². The summed E-state index contributed by atoms with van der Waals surface area (Å²) in [7, 11) is 0. The molecule has 126 valence electrons. The van der Waals surface area contributed by atoms with Crippen LogP contribution in [0.25, 0.3) is 0 Å². The average molecular weight is 327 g/mol. The van der Waals surface area contributed by atoms with E-state index >= 15 is 0 Å². The van der Waals surface area contributed by atoms with Gasteiger partial charge in [-0.05, 0) is 55.2 Å². The molecule has 1 aliphatic heterocycles. The van der Waals surface area contributed by atoms with E-state index in [1.54, 1.807) is 18.2 Å². The number of carbonyl (C=O) groups is 1. The van der Waals surface area contributed by atoms with Crippen molar-refractivity contribution in [2.45, 2.75) is 19.3 Å². The Morgan fingerprint density at radius 2 is 1.75 bits per heavy atom. The van der Waals surface area contributed by atoms with Crippen molar-refractivity contribution < 1.29 is 9.18 Å². The van der Waals surface area contributed by atoms with Gasteiger partial charge in [-0.25, -0.2) is 9.18 Å². The third-order valence-electron chi connectivity index (χ3n) is 4.23. The SMILES string of the molecule is O=C(NCCc1ccccc1F)Nc1ccc(N2CCCC2)cc1. The van der Waals surface area contributed by atoms with Crippen molar-refractivity contribution in [1.82, 2.24) is 5.32 Å². The highest BCUT2D eigenvalue weighted by Gasteiger charge is 2.12. The maximum atomic E-state index is 13.5. The smallest absolute Gasteiger partial charge is 0.319 e. The van der Waals surface area contributed by atoms with Gasteiger partial charge in [0.15, 0.2) is 0 Å². The summed E-state index contributed by atoms with van der Waals surface area (Å²) in [5, 5.41) is 5.55. The van der Waals surface area contributed by atoms with Gasteiger partial charge in [0.1, 0.15) is 5.82 Å². The maximum absolute atomic E-state index is 13.5. The van der Waals surface area contributed by atoms with Crippen LogP contribution in [0.5, 0.6) is 0 Å². The Morgan fingerprint density at radius 3 is 2.46 bits per heavy atom. The number of anilines is 2. The summed E-state index contributed by atoms with van der Waals surface area (Å²) in [5.41, 5.74) is 2.55. The Kier molecular flexibility index (Phi) is 5.31. The van der Waals surface area contributed by atoms with Gasteiger partial charge in [0.05, 0.1) is 0 Å². The summed E-state index contributed by atoms with van der Waals surface area (Å²) >= 11 is 0. The molecule has 2 aromatic rings. The molecule has 1 saturated heterocycles. The van der Waals surface area contributed by atoms with E-state index in [0.717, 1.165) is 18.8 Å². The molecular formula is C19H22FN3O. The third-order valence-corrected chi connectivity index (χ3v) is 4.23. The molecule has 0 saturated carbocycles. The van der Waals surface area contributed by atoms with Gasteiger partial charge >= 0.3 is 6.03 Å². The number of urea groups is 1. The predicted molar refractivity (Wildman–Crippen MR) is 95.0 cm³/mol. The Hall–Kier alpha value is -2.56. The van der Waals surface area contributed by atoms with E-state index in [9.17, 15) is 9.18 Å². The minimum absolute atomic E-state index is 0.239. The van der Waals surface area contributed by atoms with Crippen molar-refractivity contribution in [2.75, 3.05) is 29.9 Å². The number of amides is 2. The summed E-state index contributed by atoms with van der Waals surface area (Å²) in [4.78, 5) is 14.2. The van der Waals surface area contributed by atoms with Crippen LogP contribution >= 0.6 is 0 Å². The van der Waals surface area contributed by atoms with Crippen molar-refractivity contribution in [3.63, 3.8) is 0 Å². The molecule has 2 amide bonds. The van der Waals surface area contributed by atoms with Crippen LogP contribution in [0.2, 0.25) is 0 Å². The number of carbonyl (C=O) groups excluding carboxylic acids is 1. The van der Waals surface area contributed by atoms with Gasteiger partial charge in [0, 0.05) is 31.0 Å². The molecule has 0 unspecified atom stereocenters. The second-order valence-corrected chi connectivity index (χ2v) is 5.96. The number of hydrogen-bond donors (Lipinski definition) is 2. The first-order chi connectivity index (χ1) is 11.7. The lowest BCUT2D eigenvalue weighted by Gasteiger charge is -2.17. The van der Waals surface area contributed by atoms with Crippen LogP contribution in [0.1, 0.15) is 18.4 Å². The maximum Gasteiger partial charge on any atom is 0.319 e. The molecule has 5 heteroatoms. The van der Waals surface area contributed by atoms with Gasteiger partial charge in [0.2, 0.25) is 0 Å². The van der Waals surface area contributed by atoms with Crippen LogP contribution < -0.4 is 15.5 Å². The Balaban J connectivity index is 1.45. The number of halogens is 1. The molecular weight excluding hydrogens is 305 g/mol. The van der Waals surface area contributed by atoms with Gasteiger partial charge in [-0.2, -0.15) is 0 Å². The first kappa shape index (κ1) is 16.3. The normalized spacial score (nSPS) is 13.8. The molecule has 2 N–H and O–H groups in total. The number of rotatable bonds is 5. The van der Waals surface area contributed by atoms with Crippen LogP contribution in [0.3, 0.4) is 0 Å². The lowest BCUT2D eigenvalue weighted by molar-refractivity contribution is 0.252. The van der Waals surface area contributed by atoms with Gasteiger partial charge < -0.3 is 15.5 Å². The van der Waals surface area contributed by atoms with Crippen LogP contribution in [-0.4, -0.2) is 25.7 Å². The monoisotopic (exact) mass is 327 g/mol. The molecule has 1 heterocycles. The predicted octanol–water partition coefficient (Wildman–Crippen LogP) is 3.79. The molecule has 0 atom stereocenters. The Labute approximate surface area is 141 Å². The summed E-state index contributed by atoms with van der Waals surface area (Å²) in [6, 6.07) is 14.2. The van der Waals surface area contributed by atoms with Gasteiger partial charge in [-0.15, -0.1) is 0 Å². The van der Waals surface area contributed by atoms with Crippen LogP contribution in [0.4, 0.5) is 20.6 Å². The Bertz CT molecular complexity index is 681. The number of hydrogen-bond acceptors (Lipinski definition) is 2. The highest BCUT2D eigenvalue weighted by molar-refractivity contribution is 5.89. The van der Waals surface area contributed by atoms with Crippen molar-refractivity contribution in [1.29, 1.82) is 0 Å². The van der Waals surface area contributed by atoms with Gasteiger partial charge in [0.25, 0.3) is 0 Å². The molecule has 0 spiro atoms. The molecule has 0 radical (unpaired) electrons. The summed E-state index contributed by atoms with van der Waals surface area (Å²) < 4.78 is 13.5. The zero-order valence-corrected chi connectivity index (χ0v) is 13.6. The summed E-state index contributed by atoms with van der Waals surface area (Å²) in [6.45, 7) is 2.59. The highest BCUT2D eigenvalue weighted by Crippen LogP contribution is 2.21. The third kappa shape index (κ3) is 4.25. The van der Waals surface area contributed by atoms with Crippen molar-refractivity contribution in [3.8, 4) is 0 Å². The lowest BCUT2D eigenvalue weighted by Crippen LogP contribution is -2.30. The minimum atomic E-state index is -0.278.